The van der Waals surface area contributed by atoms with E-state index in [0.717, 1.165) is 5.56 Å². The summed E-state index contributed by atoms with van der Waals surface area (Å²) in [7, 11) is 0. The third kappa shape index (κ3) is 2.39. The first-order valence-electron chi connectivity index (χ1n) is 6.04. The van der Waals surface area contributed by atoms with E-state index in [9.17, 15) is 9.90 Å². The van der Waals surface area contributed by atoms with Crippen LogP contribution in [0.5, 0.6) is 0 Å². The summed E-state index contributed by atoms with van der Waals surface area (Å²) in [6, 6.07) is 9.58. The molecule has 2 atom stereocenters. The van der Waals surface area contributed by atoms with Gasteiger partial charge in [-0.25, -0.2) is 0 Å². The van der Waals surface area contributed by atoms with E-state index >= 15 is 0 Å². The monoisotopic (exact) mass is 244 g/mol. The maximum absolute atomic E-state index is 11.4. The van der Waals surface area contributed by atoms with E-state index in [0.29, 0.717) is 19.4 Å². The molecule has 1 aliphatic heterocycles. The highest BCUT2D eigenvalue weighted by atomic mass is 16.5. The van der Waals surface area contributed by atoms with Gasteiger partial charge < -0.3 is 9.84 Å². The van der Waals surface area contributed by atoms with Gasteiger partial charge in [0.25, 0.3) is 0 Å². The van der Waals surface area contributed by atoms with Gasteiger partial charge in [0.2, 0.25) is 0 Å². The molecule has 0 amide bonds. The minimum atomic E-state index is -0.845. The standard InChI is InChI=1S/C15H16O3/c1-12-15(14(16)17,10-11-18-12)9-5-8-13-6-3-2-4-7-13/h2-4,6-7,12H,9-11H2,1H3,(H,16,17). The van der Waals surface area contributed by atoms with Crippen LogP contribution in [0.4, 0.5) is 0 Å². The largest absolute Gasteiger partial charge is 0.481 e. The van der Waals surface area contributed by atoms with E-state index in [1.54, 1.807) is 0 Å². The van der Waals surface area contributed by atoms with Gasteiger partial charge in [-0.15, -0.1) is 0 Å². The zero-order valence-corrected chi connectivity index (χ0v) is 10.3. The van der Waals surface area contributed by atoms with Gasteiger partial charge >= 0.3 is 5.97 Å². The van der Waals surface area contributed by atoms with E-state index in [-0.39, 0.29) is 6.10 Å². The lowest BCUT2D eigenvalue weighted by molar-refractivity contribution is -0.151. The maximum atomic E-state index is 11.4. The summed E-state index contributed by atoms with van der Waals surface area (Å²) in [5.74, 6) is 5.18. The number of rotatable bonds is 2. The van der Waals surface area contributed by atoms with E-state index in [4.69, 9.17) is 4.74 Å². The minimum absolute atomic E-state index is 0.278. The quantitative estimate of drug-likeness (QED) is 0.812. The first-order valence-corrected chi connectivity index (χ1v) is 6.04. The SMILES string of the molecule is CC1OCCC1(CC#Cc1ccccc1)C(=O)O. The number of carboxylic acids is 1. The number of hydrogen-bond acceptors (Lipinski definition) is 2. The zero-order chi connectivity index (χ0) is 13.0. The highest BCUT2D eigenvalue weighted by Gasteiger charge is 2.47. The number of aliphatic carboxylic acids is 1. The molecule has 0 aromatic heterocycles. The molecule has 1 aromatic carbocycles. The van der Waals surface area contributed by atoms with Crippen molar-refractivity contribution in [1.29, 1.82) is 0 Å². The van der Waals surface area contributed by atoms with Gasteiger partial charge in [-0.1, -0.05) is 30.0 Å². The van der Waals surface area contributed by atoms with Crippen LogP contribution in [0.3, 0.4) is 0 Å². The molecule has 0 spiro atoms. The van der Waals surface area contributed by atoms with Gasteiger partial charge in [0.05, 0.1) is 6.10 Å². The van der Waals surface area contributed by atoms with Crippen molar-refractivity contribution < 1.29 is 14.6 Å². The third-order valence-electron chi connectivity index (χ3n) is 3.53. The number of hydrogen-bond donors (Lipinski definition) is 1. The van der Waals surface area contributed by atoms with Gasteiger partial charge in [0.1, 0.15) is 5.41 Å². The van der Waals surface area contributed by atoms with Crippen molar-refractivity contribution in [3.05, 3.63) is 35.9 Å². The summed E-state index contributed by atoms with van der Waals surface area (Å²) in [6.07, 6.45) is 0.589. The molecule has 0 radical (unpaired) electrons. The molecule has 3 heteroatoms. The Kier molecular flexibility index (Phi) is 3.69. The van der Waals surface area contributed by atoms with Crippen molar-refractivity contribution in [3.8, 4) is 11.8 Å². The Balaban J connectivity index is 2.13. The fraction of sp³-hybridized carbons (Fsp3) is 0.400. The first kappa shape index (κ1) is 12.7. The summed E-state index contributed by atoms with van der Waals surface area (Å²) in [5.41, 5.74) is 0.0616. The minimum Gasteiger partial charge on any atom is -0.481 e. The predicted octanol–water partition coefficient (Wildman–Crippen LogP) is 2.31. The van der Waals surface area contributed by atoms with Crippen LogP contribution in [0.1, 0.15) is 25.3 Å². The molecule has 2 rings (SSSR count). The van der Waals surface area contributed by atoms with Gasteiger partial charge in [-0.2, -0.15) is 0 Å². The highest BCUT2D eigenvalue weighted by molar-refractivity contribution is 5.76. The molecule has 1 aliphatic rings. The average Bonchev–Trinajstić information content (AvgIpc) is 2.73. The number of ether oxygens (including phenoxy) is 1. The van der Waals surface area contributed by atoms with E-state index in [1.807, 2.05) is 37.3 Å². The Morgan fingerprint density at radius 2 is 2.22 bits per heavy atom. The number of carboxylic acid groups (broad SMARTS) is 1. The lowest BCUT2D eigenvalue weighted by Crippen LogP contribution is -2.37. The van der Waals surface area contributed by atoms with Crippen LogP contribution < -0.4 is 0 Å². The third-order valence-corrected chi connectivity index (χ3v) is 3.53. The Morgan fingerprint density at radius 3 is 2.78 bits per heavy atom. The second-order valence-electron chi connectivity index (χ2n) is 4.57. The van der Waals surface area contributed by atoms with Crippen LogP contribution in [0.2, 0.25) is 0 Å². The van der Waals surface area contributed by atoms with Crippen molar-refractivity contribution >= 4 is 5.97 Å². The molecule has 0 saturated carbocycles. The molecule has 0 aliphatic carbocycles. The Bertz CT molecular complexity index is 483. The second-order valence-corrected chi connectivity index (χ2v) is 4.57. The first-order chi connectivity index (χ1) is 8.65. The molecule has 1 fully saturated rings. The smallest absolute Gasteiger partial charge is 0.313 e. The van der Waals surface area contributed by atoms with E-state index < -0.39 is 11.4 Å². The molecular formula is C15H16O3. The van der Waals surface area contributed by atoms with E-state index in [2.05, 4.69) is 11.8 Å². The molecule has 1 aromatic rings. The average molecular weight is 244 g/mol. The summed E-state index contributed by atoms with van der Waals surface area (Å²) >= 11 is 0. The molecule has 3 nitrogen and oxygen atoms in total. The lowest BCUT2D eigenvalue weighted by atomic mass is 9.79. The van der Waals surface area contributed by atoms with Gasteiger partial charge in [-0.05, 0) is 25.5 Å². The van der Waals surface area contributed by atoms with Crippen LogP contribution in [0.25, 0.3) is 0 Å². The van der Waals surface area contributed by atoms with Gasteiger partial charge in [0, 0.05) is 18.6 Å². The Hall–Kier alpha value is -1.79. The predicted molar refractivity (Wildman–Crippen MR) is 68.0 cm³/mol. The molecule has 0 bridgehead atoms. The zero-order valence-electron chi connectivity index (χ0n) is 10.3. The number of benzene rings is 1. The molecule has 2 unspecified atom stereocenters. The Morgan fingerprint density at radius 1 is 1.50 bits per heavy atom. The molecule has 1 N–H and O–H groups in total. The molecular weight excluding hydrogens is 228 g/mol. The van der Waals surface area contributed by atoms with Crippen LogP contribution in [0, 0.1) is 17.3 Å². The van der Waals surface area contributed by atoms with Crippen molar-refractivity contribution in [3.63, 3.8) is 0 Å². The fourth-order valence-electron chi connectivity index (χ4n) is 2.19. The molecule has 1 heterocycles. The number of carbonyl (C=O) groups is 1. The topological polar surface area (TPSA) is 46.5 Å². The summed E-state index contributed by atoms with van der Waals surface area (Å²) < 4.78 is 5.38. The van der Waals surface area contributed by atoms with Crippen LogP contribution in [-0.2, 0) is 9.53 Å². The van der Waals surface area contributed by atoms with Crippen LogP contribution >= 0.6 is 0 Å². The molecule has 1 saturated heterocycles. The molecule has 18 heavy (non-hydrogen) atoms. The van der Waals surface area contributed by atoms with Crippen molar-refractivity contribution in [2.45, 2.75) is 25.9 Å². The molecule has 94 valence electrons. The summed E-state index contributed by atoms with van der Waals surface area (Å²) in [4.78, 5) is 11.4. The maximum Gasteiger partial charge on any atom is 0.313 e. The van der Waals surface area contributed by atoms with Gasteiger partial charge in [-0.3, -0.25) is 4.79 Å². The summed E-state index contributed by atoms with van der Waals surface area (Å²) in [6.45, 7) is 2.31. The van der Waals surface area contributed by atoms with Crippen LogP contribution in [-0.4, -0.2) is 23.8 Å². The van der Waals surface area contributed by atoms with Crippen molar-refractivity contribution in [2.24, 2.45) is 5.41 Å². The fourth-order valence-corrected chi connectivity index (χ4v) is 2.19. The Labute approximate surface area is 107 Å². The lowest BCUT2D eigenvalue weighted by Gasteiger charge is -2.24. The van der Waals surface area contributed by atoms with Gasteiger partial charge in [0.15, 0.2) is 0 Å². The summed E-state index contributed by atoms with van der Waals surface area (Å²) in [5, 5.41) is 9.38. The highest BCUT2D eigenvalue weighted by Crippen LogP contribution is 2.38. The van der Waals surface area contributed by atoms with Crippen molar-refractivity contribution in [1.82, 2.24) is 0 Å². The van der Waals surface area contributed by atoms with E-state index in [1.165, 1.54) is 0 Å². The normalized spacial score (nSPS) is 26.4. The van der Waals surface area contributed by atoms with Crippen molar-refractivity contribution in [2.75, 3.05) is 6.61 Å². The second kappa shape index (κ2) is 5.24. The van der Waals surface area contributed by atoms with Crippen LogP contribution in [0.15, 0.2) is 30.3 Å².